The minimum absolute atomic E-state index is 0.931. The van der Waals surface area contributed by atoms with Gasteiger partial charge < -0.3 is 0 Å². The summed E-state index contributed by atoms with van der Waals surface area (Å²) >= 11 is 10.00. The molecule has 1 saturated heterocycles. The van der Waals surface area contributed by atoms with Crippen LogP contribution in [0, 0.1) is 0 Å². The summed E-state index contributed by atoms with van der Waals surface area (Å²) in [6.07, 6.45) is 0. The fourth-order valence-corrected chi connectivity index (χ4v) is 3.34. The molecule has 2 rings (SSSR count). The predicted molar refractivity (Wildman–Crippen MR) is 64.7 cm³/mol. The van der Waals surface area contributed by atoms with Crippen LogP contribution in [0.1, 0.15) is 0 Å². The molecule has 0 aromatic heterocycles. The molecule has 0 N–H and O–H groups in total. The first kappa shape index (κ1) is 9.41. The maximum absolute atomic E-state index is 5.25. The van der Waals surface area contributed by atoms with E-state index in [-0.39, 0.29) is 0 Å². The molecule has 1 aromatic carbocycles. The Morgan fingerprint density at radius 1 is 1.31 bits per heavy atom. The normalized spacial score (nSPS) is 16.8. The molecule has 1 heterocycles. The maximum atomic E-state index is 5.25. The number of hydrogen-bond donors (Lipinski definition) is 0. The van der Waals surface area contributed by atoms with Crippen LogP contribution in [-0.4, -0.2) is 30.2 Å². The molecule has 66 valence electrons. The van der Waals surface area contributed by atoms with E-state index < -0.39 is 0 Å². The molecule has 0 bridgehead atoms. The van der Waals surface area contributed by atoms with Gasteiger partial charge >= 0.3 is 95.1 Å². The first-order valence-electron chi connectivity index (χ1n) is 3.84. The number of benzene rings is 1. The standard InChI is InChI=1S/C9H7NS2Se/c11-9-10(8(13)6-12-9)7-4-2-1-3-5-7/h1-5H,6H2. The Balaban J connectivity index is 2.36. The zero-order valence-corrected chi connectivity index (χ0v) is 10.1. The van der Waals surface area contributed by atoms with E-state index in [1.54, 1.807) is 11.8 Å². The third-order valence-corrected chi connectivity index (χ3v) is 4.25. The van der Waals surface area contributed by atoms with Crippen molar-refractivity contribution in [1.82, 2.24) is 0 Å². The molecule has 0 radical (unpaired) electrons. The van der Waals surface area contributed by atoms with E-state index in [1.807, 2.05) is 18.2 Å². The molecule has 0 amide bonds. The van der Waals surface area contributed by atoms with E-state index in [0.717, 1.165) is 15.8 Å². The van der Waals surface area contributed by atoms with Gasteiger partial charge in [-0.1, -0.05) is 0 Å². The van der Waals surface area contributed by atoms with Crippen LogP contribution >= 0.6 is 24.0 Å². The molecule has 1 fully saturated rings. The zero-order valence-electron chi connectivity index (χ0n) is 6.77. The fourth-order valence-electron chi connectivity index (χ4n) is 1.18. The fraction of sp³-hybridized carbons (Fsp3) is 0.111. The zero-order chi connectivity index (χ0) is 9.26. The summed E-state index contributed by atoms with van der Waals surface area (Å²) in [7, 11) is 0. The van der Waals surface area contributed by atoms with Gasteiger partial charge in [-0.05, 0) is 0 Å². The van der Waals surface area contributed by atoms with Crippen molar-refractivity contribution in [2.75, 3.05) is 10.7 Å². The van der Waals surface area contributed by atoms with Crippen molar-refractivity contribution in [3.8, 4) is 0 Å². The van der Waals surface area contributed by atoms with Gasteiger partial charge in [-0.25, -0.2) is 0 Å². The van der Waals surface area contributed by atoms with Crippen LogP contribution in [-0.2, 0) is 0 Å². The van der Waals surface area contributed by atoms with Crippen LogP contribution in [0.15, 0.2) is 30.3 Å². The second-order valence-electron chi connectivity index (χ2n) is 2.62. The van der Waals surface area contributed by atoms with Crippen molar-refractivity contribution in [1.29, 1.82) is 0 Å². The molecule has 0 saturated carbocycles. The minimum atomic E-state index is 0.931. The molecule has 1 aliphatic rings. The van der Waals surface area contributed by atoms with Crippen molar-refractivity contribution >= 4 is 54.1 Å². The van der Waals surface area contributed by atoms with Crippen LogP contribution in [0.5, 0.6) is 0 Å². The Labute approximate surface area is 94.9 Å². The Hall–Kier alpha value is -0.151. The molecular formula is C9H7NS2Se. The summed E-state index contributed by atoms with van der Waals surface area (Å²) in [5.41, 5.74) is 1.14. The first-order valence-corrected chi connectivity index (χ1v) is 6.09. The van der Waals surface area contributed by atoms with Crippen molar-refractivity contribution in [3.63, 3.8) is 0 Å². The topological polar surface area (TPSA) is 3.24 Å². The van der Waals surface area contributed by atoms with Gasteiger partial charge in [-0.3, -0.25) is 0 Å². The third-order valence-electron chi connectivity index (χ3n) is 1.77. The number of rotatable bonds is 1. The SMILES string of the molecule is S=C1SCC(=[Se])N1c1ccccc1. The molecule has 13 heavy (non-hydrogen) atoms. The predicted octanol–water partition coefficient (Wildman–Crippen LogP) is 1.82. The molecule has 4 heteroatoms. The Kier molecular flexibility index (Phi) is 2.84. The number of para-hydroxylation sites is 1. The van der Waals surface area contributed by atoms with E-state index in [0.29, 0.717) is 0 Å². The molecule has 0 spiro atoms. The Bertz CT molecular complexity index is 334. The van der Waals surface area contributed by atoms with Gasteiger partial charge in [0.15, 0.2) is 0 Å². The first-order chi connectivity index (χ1) is 6.29. The summed E-state index contributed by atoms with van der Waals surface area (Å²) in [4.78, 5) is 2.08. The van der Waals surface area contributed by atoms with Crippen molar-refractivity contribution in [3.05, 3.63) is 30.3 Å². The molecule has 0 aliphatic carbocycles. The average molecular weight is 272 g/mol. The molecule has 0 unspecified atom stereocenters. The van der Waals surface area contributed by atoms with Crippen LogP contribution in [0.25, 0.3) is 0 Å². The van der Waals surface area contributed by atoms with Gasteiger partial charge in [-0.2, -0.15) is 0 Å². The van der Waals surface area contributed by atoms with Crippen LogP contribution in [0.3, 0.4) is 0 Å². The van der Waals surface area contributed by atoms with Gasteiger partial charge in [-0.15, -0.1) is 0 Å². The summed E-state index contributed by atoms with van der Waals surface area (Å²) < 4.78 is 2.13. The van der Waals surface area contributed by atoms with E-state index in [1.165, 1.54) is 4.54 Å². The Morgan fingerprint density at radius 2 is 2.00 bits per heavy atom. The van der Waals surface area contributed by atoms with Gasteiger partial charge in [0.1, 0.15) is 0 Å². The van der Waals surface area contributed by atoms with E-state index >= 15 is 0 Å². The summed E-state index contributed by atoms with van der Waals surface area (Å²) in [6.45, 7) is 0. The monoisotopic (exact) mass is 273 g/mol. The van der Waals surface area contributed by atoms with E-state index in [9.17, 15) is 0 Å². The quantitative estimate of drug-likeness (QED) is 0.567. The molecule has 1 nitrogen and oxygen atoms in total. The number of hydrogen-bond acceptors (Lipinski definition) is 2. The summed E-state index contributed by atoms with van der Waals surface area (Å²) in [5, 5.41) is 0. The van der Waals surface area contributed by atoms with Crippen LogP contribution in [0.2, 0.25) is 0 Å². The molecule has 1 aliphatic heterocycles. The van der Waals surface area contributed by atoms with E-state index in [4.69, 9.17) is 12.2 Å². The van der Waals surface area contributed by atoms with Crippen molar-refractivity contribution in [2.24, 2.45) is 0 Å². The van der Waals surface area contributed by atoms with Gasteiger partial charge in [0.05, 0.1) is 0 Å². The number of thioether (sulfide) groups is 1. The second-order valence-corrected chi connectivity index (χ2v) is 5.22. The van der Waals surface area contributed by atoms with Crippen molar-refractivity contribution < 1.29 is 0 Å². The molecule has 1 aromatic rings. The van der Waals surface area contributed by atoms with Crippen molar-refractivity contribution in [2.45, 2.75) is 0 Å². The van der Waals surface area contributed by atoms with E-state index in [2.05, 4.69) is 32.6 Å². The summed E-state index contributed by atoms with van der Waals surface area (Å²) in [5.74, 6) is 0.966. The summed E-state index contributed by atoms with van der Waals surface area (Å²) in [6, 6.07) is 10.2. The van der Waals surface area contributed by atoms with Crippen LogP contribution in [0.4, 0.5) is 5.69 Å². The third kappa shape index (κ3) is 1.86. The second kappa shape index (κ2) is 3.93. The average Bonchev–Trinajstić information content (AvgIpc) is 2.48. The number of anilines is 1. The number of nitrogens with zero attached hydrogens (tertiary/aromatic N) is 1. The van der Waals surface area contributed by atoms with Gasteiger partial charge in [0.25, 0.3) is 0 Å². The Morgan fingerprint density at radius 3 is 2.54 bits per heavy atom. The van der Waals surface area contributed by atoms with Gasteiger partial charge in [0, 0.05) is 0 Å². The number of thiocarbonyl (C=S) groups is 1. The molecule has 0 atom stereocenters. The molecular weight excluding hydrogens is 265 g/mol. The van der Waals surface area contributed by atoms with Gasteiger partial charge in [0.2, 0.25) is 0 Å². The van der Waals surface area contributed by atoms with Crippen LogP contribution < -0.4 is 4.90 Å².